The Bertz CT molecular complexity index is 74.5. The molecule has 0 amide bonds. The second-order valence-electron chi connectivity index (χ2n) is 0.933. The third-order valence-electron chi connectivity index (χ3n) is 0.414. The van der Waals surface area contributed by atoms with E-state index in [2.05, 4.69) is 14.5 Å². The molecule has 0 aromatic carbocycles. The second kappa shape index (κ2) is 8.00. The van der Waals surface area contributed by atoms with Gasteiger partial charge in [0.1, 0.15) is 0 Å². The summed E-state index contributed by atoms with van der Waals surface area (Å²) in [7, 11) is 1.23. The van der Waals surface area contributed by atoms with Crippen LogP contribution in [0.15, 0.2) is 0 Å². The van der Waals surface area contributed by atoms with Crippen LogP contribution < -0.4 is 0 Å². The van der Waals surface area contributed by atoms with Crippen molar-refractivity contribution < 1.29 is 22.2 Å². The van der Waals surface area contributed by atoms with Crippen molar-refractivity contribution in [2.45, 2.75) is 6.92 Å². The van der Waals surface area contributed by atoms with Gasteiger partial charge in [-0.15, -0.1) is 0 Å². The molecule has 0 aromatic heterocycles. The Morgan fingerprint density at radius 1 is 1.67 bits per heavy atom. The van der Waals surface area contributed by atoms with Gasteiger partial charge in [-0.25, -0.2) is 4.79 Å². The summed E-state index contributed by atoms with van der Waals surface area (Å²) in [5, 5.41) is 0. The van der Waals surface area contributed by atoms with Crippen LogP contribution in [0.25, 0.3) is 0 Å². The first kappa shape index (κ1) is 11.8. The minimum Gasteiger partial charge on any atom is -1.00 e. The first-order valence-corrected chi connectivity index (χ1v) is 2.18. The second-order valence-corrected chi connectivity index (χ2v) is 0.933. The number of hydrogen-bond donors (Lipinski definition) is 0. The van der Waals surface area contributed by atoms with Gasteiger partial charge in [-0.1, -0.05) is 0 Å². The summed E-state index contributed by atoms with van der Waals surface area (Å²) in [6, 6.07) is 0. The summed E-state index contributed by atoms with van der Waals surface area (Å²) in [6.07, 6.45) is -0.810. The molecule has 0 saturated carbocycles. The molecule has 0 N–H and O–H groups in total. The van der Waals surface area contributed by atoms with Gasteiger partial charge in [-0.05, 0) is 6.92 Å². The molecule has 0 unspecified atom stereocenters. The van der Waals surface area contributed by atoms with Gasteiger partial charge < -0.3 is 7.59 Å². The number of rotatable bonds is 2. The van der Waals surface area contributed by atoms with Crippen LogP contribution in [0.1, 0.15) is 9.78 Å². The summed E-state index contributed by atoms with van der Waals surface area (Å²) in [5.41, 5.74) is 0. The van der Waals surface area contributed by atoms with Crippen molar-refractivity contribution in [1.82, 2.24) is 0 Å². The maximum absolute atomic E-state index is 10.1. The van der Waals surface area contributed by atoms with Gasteiger partial charge in [0, 0.05) is 0 Å². The zero-order valence-corrected chi connectivity index (χ0v) is 6.96. The maximum atomic E-state index is 10.1. The van der Waals surface area contributed by atoms with Gasteiger partial charge in [0.2, 0.25) is 0 Å². The Labute approximate surface area is 72.5 Å². The molecule has 5 heteroatoms. The molecule has 52 valence electrons. The minimum atomic E-state index is -0.810. The number of carbonyl (C=O) groups is 1. The van der Waals surface area contributed by atoms with Crippen molar-refractivity contribution in [2.24, 2.45) is 0 Å². The Morgan fingerprint density at radius 2 is 2.22 bits per heavy atom. The molecule has 0 saturated heterocycles. The monoisotopic (exact) mass is 146 g/mol. The summed E-state index contributed by atoms with van der Waals surface area (Å²) in [6.45, 7) is 1.97. The van der Waals surface area contributed by atoms with Crippen LogP contribution in [0.4, 0.5) is 4.79 Å². The summed E-state index contributed by atoms with van der Waals surface area (Å²) >= 11 is 0. The maximum Gasteiger partial charge on any atom is 2.00 e. The molecule has 0 radical (unpaired) electrons. The SMILES string of the molecule is CCOC(=O)OOC.[H-].[H-].[Mg+2]. The van der Waals surface area contributed by atoms with Crippen LogP contribution in [-0.4, -0.2) is 42.9 Å². The predicted octanol–water partition coefficient (Wildman–Crippen LogP) is 0.565. The molecule has 0 aliphatic rings. The van der Waals surface area contributed by atoms with E-state index in [-0.39, 0.29) is 25.9 Å². The molecule has 4 nitrogen and oxygen atoms in total. The van der Waals surface area contributed by atoms with Gasteiger partial charge in [-0.2, -0.15) is 4.89 Å². The number of carbonyl (C=O) groups excluding carboxylic acids is 1. The Hall–Kier alpha value is -0.00377. The average Bonchev–Trinajstić information content (AvgIpc) is 1.68. The zero-order valence-electron chi connectivity index (χ0n) is 7.55. The van der Waals surface area contributed by atoms with Gasteiger partial charge in [0.05, 0.1) is 13.7 Å². The fraction of sp³-hybridized carbons (Fsp3) is 0.750. The minimum absolute atomic E-state index is 0. The Morgan fingerprint density at radius 3 is 2.56 bits per heavy atom. The van der Waals surface area contributed by atoms with Crippen molar-refractivity contribution in [3.05, 3.63) is 0 Å². The molecule has 0 rings (SSSR count). The molecule has 0 aliphatic heterocycles. The molecular formula is C4H10MgO4. The first-order valence-electron chi connectivity index (χ1n) is 2.18. The van der Waals surface area contributed by atoms with E-state index in [0.29, 0.717) is 6.61 Å². The van der Waals surface area contributed by atoms with Crippen LogP contribution in [0.2, 0.25) is 0 Å². The van der Waals surface area contributed by atoms with Crippen LogP contribution in [0.5, 0.6) is 0 Å². The van der Waals surface area contributed by atoms with E-state index in [1.165, 1.54) is 7.11 Å². The van der Waals surface area contributed by atoms with Crippen LogP contribution in [0, 0.1) is 0 Å². The fourth-order valence-corrected chi connectivity index (χ4v) is 0.210. The van der Waals surface area contributed by atoms with Gasteiger partial charge >= 0.3 is 29.2 Å². The normalized spacial score (nSPS) is 7.33. The van der Waals surface area contributed by atoms with E-state index in [9.17, 15) is 4.79 Å². The largest absolute Gasteiger partial charge is 2.00 e. The Balaban J connectivity index is -0.0000000817. The summed E-state index contributed by atoms with van der Waals surface area (Å²) in [5.74, 6) is 0. The van der Waals surface area contributed by atoms with E-state index < -0.39 is 6.16 Å². The third kappa shape index (κ3) is 8.00. The zero-order chi connectivity index (χ0) is 6.41. The van der Waals surface area contributed by atoms with Gasteiger partial charge in [-0.3, -0.25) is 4.89 Å². The molecule has 0 fully saturated rings. The first-order chi connectivity index (χ1) is 3.81. The summed E-state index contributed by atoms with van der Waals surface area (Å²) in [4.78, 5) is 18.0. The van der Waals surface area contributed by atoms with Crippen molar-refractivity contribution in [3.63, 3.8) is 0 Å². The van der Waals surface area contributed by atoms with E-state index in [1.54, 1.807) is 6.92 Å². The van der Waals surface area contributed by atoms with Crippen LogP contribution in [0.3, 0.4) is 0 Å². The quantitative estimate of drug-likeness (QED) is 0.247. The standard InChI is InChI=1S/C4H8O4.Mg.2H/c1-3-7-4(5)8-6-2;;;/h3H2,1-2H3;;;/q;+2;2*-1. The van der Waals surface area contributed by atoms with Crippen LogP contribution in [-0.2, 0) is 14.5 Å². The number of ether oxygens (including phenoxy) is 1. The molecule has 0 spiro atoms. The topological polar surface area (TPSA) is 44.8 Å². The van der Waals surface area contributed by atoms with E-state index >= 15 is 0 Å². The number of hydrogen-bond acceptors (Lipinski definition) is 4. The predicted molar refractivity (Wildman–Crippen MR) is 33.1 cm³/mol. The molecule has 0 aliphatic carbocycles. The molecule has 0 heterocycles. The Kier molecular flexibility index (Phi) is 10.4. The van der Waals surface area contributed by atoms with Crippen LogP contribution >= 0.6 is 0 Å². The fourth-order valence-electron chi connectivity index (χ4n) is 0.210. The summed E-state index contributed by atoms with van der Waals surface area (Å²) < 4.78 is 4.30. The van der Waals surface area contributed by atoms with Gasteiger partial charge in [0.15, 0.2) is 0 Å². The molecule has 0 bridgehead atoms. The van der Waals surface area contributed by atoms with E-state index in [1.807, 2.05) is 0 Å². The van der Waals surface area contributed by atoms with Crippen molar-refractivity contribution in [2.75, 3.05) is 13.7 Å². The van der Waals surface area contributed by atoms with Gasteiger partial charge in [0.25, 0.3) is 0 Å². The smallest absolute Gasteiger partial charge is 1.00 e. The van der Waals surface area contributed by atoms with Crippen molar-refractivity contribution in [1.29, 1.82) is 0 Å². The van der Waals surface area contributed by atoms with Crippen molar-refractivity contribution in [3.8, 4) is 0 Å². The molecular weight excluding hydrogens is 136 g/mol. The third-order valence-corrected chi connectivity index (χ3v) is 0.414. The average molecular weight is 146 g/mol. The van der Waals surface area contributed by atoms with E-state index in [0.717, 1.165) is 0 Å². The van der Waals surface area contributed by atoms with E-state index in [4.69, 9.17) is 0 Å². The van der Waals surface area contributed by atoms with Crippen molar-refractivity contribution >= 4 is 29.2 Å². The molecule has 9 heavy (non-hydrogen) atoms. The molecule has 0 atom stereocenters. The molecule has 0 aromatic rings.